The van der Waals surface area contributed by atoms with E-state index < -0.39 is 0 Å². The van der Waals surface area contributed by atoms with Crippen LogP contribution in [-0.2, 0) is 0 Å². The number of phenolic OH excluding ortho intramolecular Hbond substituents is 1. The number of nitrogens with one attached hydrogen (secondary N) is 1. The van der Waals surface area contributed by atoms with E-state index in [2.05, 4.69) is 5.32 Å². The van der Waals surface area contributed by atoms with Crippen molar-refractivity contribution in [3.8, 4) is 5.75 Å². The van der Waals surface area contributed by atoms with Gasteiger partial charge in [-0.15, -0.1) is 0 Å². The highest BCUT2D eigenvalue weighted by atomic mass is 16.3. The molecule has 2 aromatic rings. The van der Waals surface area contributed by atoms with Gasteiger partial charge in [0, 0.05) is 12.2 Å². The van der Waals surface area contributed by atoms with Gasteiger partial charge in [0.25, 0.3) is 5.91 Å². The molecule has 0 radical (unpaired) electrons. The Hall–Kier alpha value is -2.23. The zero-order chi connectivity index (χ0) is 13.4. The molecule has 98 valence electrons. The fourth-order valence-electron chi connectivity index (χ4n) is 2.19. The number of aryl methyl sites for hydroxylation is 1. The molecule has 0 atom stereocenters. The van der Waals surface area contributed by atoms with Gasteiger partial charge in [-0.05, 0) is 49.6 Å². The Morgan fingerprint density at radius 2 is 2.16 bits per heavy atom. The van der Waals surface area contributed by atoms with E-state index in [9.17, 15) is 9.90 Å². The third-order valence-corrected chi connectivity index (χ3v) is 3.35. The first kappa shape index (κ1) is 11.8. The Kier molecular flexibility index (Phi) is 2.78. The molecule has 4 heteroatoms. The fourth-order valence-corrected chi connectivity index (χ4v) is 2.19. The lowest BCUT2D eigenvalue weighted by molar-refractivity contribution is 0.101. The van der Waals surface area contributed by atoms with E-state index >= 15 is 0 Å². The van der Waals surface area contributed by atoms with Crippen molar-refractivity contribution in [1.29, 1.82) is 0 Å². The molecule has 1 heterocycles. The molecule has 1 aromatic carbocycles. The smallest absolute Gasteiger partial charge is 0.272 e. The molecule has 0 saturated heterocycles. The number of aromatic hydroxyl groups is 1. The van der Waals surface area contributed by atoms with Crippen LogP contribution in [0.5, 0.6) is 5.75 Å². The summed E-state index contributed by atoms with van der Waals surface area (Å²) in [7, 11) is 0. The minimum atomic E-state index is -0.184. The molecule has 1 aliphatic carbocycles. The average molecular weight is 256 g/mol. The van der Waals surface area contributed by atoms with Crippen molar-refractivity contribution < 1.29 is 9.90 Å². The molecule has 0 aliphatic heterocycles. The van der Waals surface area contributed by atoms with Crippen LogP contribution in [0.3, 0.4) is 0 Å². The maximum Gasteiger partial charge on any atom is 0.272 e. The highest BCUT2D eigenvalue weighted by Gasteiger charge is 2.26. The maximum atomic E-state index is 12.2. The average Bonchev–Trinajstić information content (AvgIpc) is 3.10. The van der Waals surface area contributed by atoms with Gasteiger partial charge in [-0.1, -0.05) is 6.07 Å². The van der Waals surface area contributed by atoms with Crippen molar-refractivity contribution in [1.82, 2.24) is 4.57 Å². The predicted molar refractivity (Wildman–Crippen MR) is 73.5 cm³/mol. The number of benzene rings is 1. The predicted octanol–water partition coefficient (Wildman–Crippen LogP) is 3.09. The second-order valence-electron chi connectivity index (χ2n) is 5.01. The maximum absolute atomic E-state index is 12.2. The summed E-state index contributed by atoms with van der Waals surface area (Å²) in [6.45, 7) is 1.89. The third kappa shape index (κ3) is 2.34. The molecule has 3 rings (SSSR count). The molecule has 1 aromatic heterocycles. The van der Waals surface area contributed by atoms with E-state index in [0.29, 0.717) is 17.4 Å². The molecular weight excluding hydrogens is 240 g/mol. The Labute approximate surface area is 111 Å². The Morgan fingerprint density at radius 3 is 2.84 bits per heavy atom. The number of rotatable bonds is 3. The van der Waals surface area contributed by atoms with Crippen molar-refractivity contribution >= 4 is 11.6 Å². The van der Waals surface area contributed by atoms with E-state index in [-0.39, 0.29) is 11.7 Å². The first-order valence-corrected chi connectivity index (χ1v) is 6.43. The summed E-state index contributed by atoms with van der Waals surface area (Å²) >= 11 is 0. The van der Waals surface area contributed by atoms with Gasteiger partial charge in [0.2, 0.25) is 0 Å². The number of carbonyl (C=O) groups is 1. The second kappa shape index (κ2) is 4.46. The minimum absolute atomic E-state index is 0.0953. The lowest BCUT2D eigenvalue weighted by Gasteiger charge is -2.10. The van der Waals surface area contributed by atoms with Gasteiger partial charge in [-0.2, -0.15) is 0 Å². The van der Waals surface area contributed by atoms with Crippen molar-refractivity contribution in [2.75, 3.05) is 5.32 Å². The first-order chi connectivity index (χ1) is 9.15. The highest BCUT2D eigenvalue weighted by Crippen LogP contribution is 2.36. The van der Waals surface area contributed by atoms with Crippen LogP contribution in [0.25, 0.3) is 0 Å². The highest BCUT2D eigenvalue weighted by molar-refractivity contribution is 6.04. The standard InChI is InChI=1S/C15H16N2O2/c1-10-4-7-12(14(18)9-10)16-15(19)13-3-2-8-17(13)11-5-6-11/h2-4,7-9,11,18H,5-6H2,1H3,(H,16,19). The van der Waals surface area contributed by atoms with Crippen LogP contribution in [0.1, 0.15) is 34.9 Å². The van der Waals surface area contributed by atoms with Gasteiger partial charge in [-0.25, -0.2) is 0 Å². The van der Waals surface area contributed by atoms with Gasteiger partial charge in [0.05, 0.1) is 5.69 Å². The third-order valence-electron chi connectivity index (χ3n) is 3.35. The van der Waals surface area contributed by atoms with Crippen molar-refractivity contribution in [3.63, 3.8) is 0 Å². The Bertz CT molecular complexity index is 627. The van der Waals surface area contributed by atoms with Gasteiger partial charge >= 0.3 is 0 Å². The molecular formula is C15H16N2O2. The molecule has 2 N–H and O–H groups in total. The van der Waals surface area contributed by atoms with E-state index in [1.807, 2.05) is 29.8 Å². The van der Waals surface area contributed by atoms with Gasteiger partial charge < -0.3 is 15.0 Å². The summed E-state index contributed by atoms with van der Waals surface area (Å²) in [5.41, 5.74) is 2.04. The van der Waals surface area contributed by atoms with E-state index in [0.717, 1.165) is 18.4 Å². The quantitative estimate of drug-likeness (QED) is 0.829. The zero-order valence-corrected chi connectivity index (χ0v) is 10.8. The SMILES string of the molecule is Cc1ccc(NC(=O)c2cccn2C2CC2)c(O)c1. The van der Waals surface area contributed by atoms with Crippen molar-refractivity contribution in [3.05, 3.63) is 47.8 Å². The van der Waals surface area contributed by atoms with Crippen LogP contribution in [0, 0.1) is 6.92 Å². The molecule has 0 spiro atoms. The van der Waals surface area contributed by atoms with Crippen LogP contribution in [-0.4, -0.2) is 15.6 Å². The van der Waals surface area contributed by atoms with Crippen LogP contribution in [0.15, 0.2) is 36.5 Å². The van der Waals surface area contributed by atoms with Crippen LogP contribution in [0.2, 0.25) is 0 Å². The van der Waals surface area contributed by atoms with Crippen molar-refractivity contribution in [2.24, 2.45) is 0 Å². The molecule has 19 heavy (non-hydrogen) atoms. The Morgan fingerprint density at radius 1 is 1.37 bits per heavy atom. The van der Waals surface area contributed by atoms with Gasteiger partial charge in [-0.3, -0.25) is 4.79 Å². The molecule has 0 unspecified atom stereocenters. The summed E-state index contributed by atoms with van der Waals surface area (Å²) in [5.74, 6) is -0.0890. The first-order valence-electron chi connectivity index (χ1n) is 6.43. The molecule has 1 saturated carbocycles. The summed E-state index contributed by atoms with van der Waals surface area (Å²) in [6.07, 6.45) is 4.19. The molecule has 1 amide bonds. The molecule has 1 aliphatic rings. The van der Waals surface area contributed by atoms with Crippen molar-refractivity contribution in [2.45, 2.75) is 25.8 Å². The molecule has 4 nitrogen and oxygen atoms in total. The number of amides is 1. The number of carbonyl (C=O) groups excluding carboxylic acids is 1. The number of aromatic nitrogens is 1. The van der Waals surface area contributed by atoms with E-state index in [1.54, 1.807) is 18.2 Å². The number of hydrogen-bond donors (Lipinski definition) is 2. The van der Waals surface area contributed by atoms with Crippen LogP contribution < -0.4 is 5.32 Å². The van der Waals surface area contributed by atoms with E-state index in [1.165, 1.54) is 0 Å². The lowest BCUT2D eigenvalue weighted by atomic mass is 10.2. The normalized spacial score (nSPS) is 14.4. The molecule has 0 bridgehead atoms. The summed E-state index contributed by atoms with van der Waals surface area (Å²) in [5, 5.41) is 12.6. The monoisotopic (exact) mass is 256 g/mol. The van der Waals surface area contributed by atoms with Crippen LogP contribution in [0.4, 0.5) is 5.69 Å². The van der Waals surface area contributed by atoms with Crippen LogP contribution >= 0.6 is 0 Å². The minimum Gasteiger partial charge on any atom is -0.506 e. The second-order valence-corrected chi connectivity index (χ2v) is 5.01. The van der Waals surface area contributed by atoms with Gasteiger partial charge in [0.1, 0.15) is 11.4 Å². The topological polar surface area (TPSA) is 54.3 Å². The summed E-state index contributed by atoms with van der Waals surface area (Å²) < 4.78 is 2.00. The van der Waals surface area contributed by atoms with Gasteiger partial charge in [0.15, 0.2) is 0 Å². The zero-order valence-electron chi connectivity index (χ0n) is 10.8. The number of phenols is 1. The Balaban J connectivity index is 1.82. The molecule has 1 fully saturated rings. The van der Waals surface area contributed by atoms with E-state index in [4.69, 9.17) is 0 Å². The largest absolute Gasteiger partial charge is 0.506 e. The number of nitrogens with zero attached hydrogens (tertiary/aromatic N) is 1. The lowest BCUT2D eigenvalue weighted by Crippen LogP contribution is -2.16. The number of anilines is 1. The fraction of sp³-hybridized carbons (Fsp3) is 0.267. The summed E-state index contributed by atoms with van der Waals surface area (Å²) in [6, 6.07) is 9.35. The number of hydrogen-bond acceptors (Lipinski definition) is 2. The summed E-state index contributed by atoms with van der Waals surface area (Å²) in [4.78, 5) is 12.2.